The molecule has 1 aliphatic rings. The predicted octanol–water partition coefficient (Wildman–Crippen LogP) is 4.30. The highest BCUT2D eigenvalue weighted by Crippen LogP contribution is 2.28. The number of rotatable bonds is 5. The van der Waals surface area contributed by atoms with Crippen molar-refractivity contribution in [3.05, 3.63) is 84.1 Å². The second-order valence-electron chi connectivity index (χ2n) is 9.35. The van der Waals surface area contributed by atoms with Gasteiger partial charge in [-0.3, -0.25) is 14.4 Å². The predicted molar refractivity (Wildman–Crippen MR) is 144 cm³/mol. The van der Waals surface area contributed by atoms with Gasteiger partial charge in [-0.05, 0) is 41.8 Å². The molecule has 37 heavy (non-hydrogen) atoms. The third-order valence-electron chi connectivity index (χ3n) is 6.81. The highest BCUT2D eigenvalue weighted by atomic mass is 32.2. The average Bonchev–Trinajstić information content (AvgIpc) is 3.27. The van der Waals surface area contributed by atoms with Crippen molar-refractivity contribution in [3.8, 4) is 11.1 Å². The van der Waals surface area contributed by atoms with Crippen LogP contribution in [0.3, 0.4) is 0 Å². The Bertz CT molecular complexity index is 1560. The van der Waals surface area contributed by atoms with Gasteiger partial charge in [0.05, 0.1) is 29.8 Å². The number of urea groups is 1. The van der Waals surface area contributed by atoms with Crippen molar-refractivity contribution in [3.63, 3.8) is 0 Å². The summed E-state index contributed by atoms with van der Waals surface area (Å²) in [6.07, 6.45) is 1.83. The lowest BCUT2D eigenvalue weighted by Crippen LogP contribution is -2.49. The Morgan fingerprint density at radius 3 is 2.22 bits per heavy atom. The first-order valence-electron chi connectivity index (χ1n) is 12.1. The maximum absolute atomic E-state index is 13.6. The third kappa shape index (κ3) is 5.27. The zero-order chi connectivity index (χ0) is 26.2. The lowest BCUT2D eigenvalue weighted by molar-refractivity contribution is 0.101. The second kappa shape index (κ2) is 9.82. The molecule has 0 spiro atoms. The minimum absolute atomic E-state index is 0.0195. The number of anilines is 1. The van der Waals surface area contributed by atoms with Gasteiger partial charge in [0.2, 0.25) is 0 Å². The number of carbonyl (C=O) groups excluding carboxylic acids is 2. The first-order chi connectivity index (χ1) is 17.7. The average molecular weight is 517 g/mol. The van der Waals surface area contributed by atoms with Gasteiger partial charge in [0.25, 0.3) is 0 Å². The number of nitrogens with zero attached hydrogens (tertiary/aromatic N) is 4. The van der Waals surface area contributed by atoms with Gasteiger partial charge >= 0.3 is 6.03 Å². The minimum Gasteiger partial charge on any atom is -0.322 e. The fourth-order valence-electron chi connectivity index (χ4n) is 4.53. The molecular weight excluding hydrogens is 488 g/mol. The van der Waals surface area contributed by atoms with Crippen LogP contribution in [-0.2, 0) is 23.4 Å². The summed E-state index contributed by atoms with van der Waals surface area (Å²) in [5, 5.41) is 5.38. The largest absolute Gasteiger partial charge is 0.324 e. The van der Waals surface area contributed by atoms with E-state index in [0.29, 0.717) is 17.8 Å². The van der Waals surface area contributed by atoms with Gasteiger partial charge in [-0.15, -0.1) is 0 Å². The van der Waals surface area contributed by atoms with Crippen molar-refractivity contribution in [1.29, 1.82) is 0 Å². The Hall–Kier alpha value is -3.98. The van der Waals surface area contributed by atoms with Crippen LogP contribution in [0, 0.1) is 0 Å². The Balaban J connectivity index is 1.44. The summed E-state index contributed by atoms with van der Waals surface area (Å²) in [5.41, 5.74) is 5.27. The van der Waals surface area contributed by atoms with Gasteiger partial charge < -0.3 is 4.90 Å². The summed E-state index contributed by atoms with van der Waals surface area (Å²) in [7, 11) is -1.20. The van der Waals surface area contributed by atoms with Crippen LogP contribution in [0.15, 0.2) is 72.9 Å². The van der Waals surface area contributed by atoms with Gasteiger partial charge in [-0.1, -0.05) is 48.5 Å². The van der Waals surface area contributed by atoms with E-state index in [4.69, 9.17) is 0 Å². The van der Waals surface area contributed by atoms with Crippen molar-refractivity contribution in [2.45, 2.75) is 13.5 Å². The summed E-state index contributed by atoms with van der Waals surface area (Å²) in [6.45, 7) is 2.15. The number of aromatic nitrogens is 2. The van der Waals surface area contributed by atoms with Crippen LogP contribution in [0.25, 0.3) is 22.0 Å². The Kier molecular flexibility index (Phi) is 6.55. The van der Waals surface area contributed by atoms with Gasteiger partial charge in [-0.25, -0.2) is 13.2 Å². The second-order valence-corrected chi connectivity index (χ2v) is 11.7. The monoisotopic (exact) mass is 516 g/mol. The molecule has 190 valence electrons. The number of aryl methyl sites for hydroxylation is 1. The van der Waals surface area contributed by atoms with Gasteiger partial charge in [0, 0.05) is 36.8 Å². The molecular formula is C28H28N4O4S. The number of sulfone groups is 1. The highest BCUT2D eigenvalue weighted by Gasteiger charge is 2.29. The number of fused-ring (bicyclic) bond motifs is 1. The lowest BCUT2D eigenvalue weighted by Gasteiger charge is -2.33. The molecule has 3 aromatic carbocycles. The first-order valence-corrected chi connectivity index (χ1v) is 13.9. The van der Waals surface area contributed by atoms with Crippen LogP contribution in [0.1, 0.15) is 22.8 Å². The highest BCUT2D eigenvalue weighted by molar-refractivity contribution is 7.91. The van der Waals surface area contributed by atoms with Crippen LogP contribution >= 0.6 is 0 Å². The molecule has 9 heteroatoms. The number of amides is 2. The van der Waals surface area contributed by atoms with E-state index in [2.05, 4.69) is 11.2 Å². The number of Topliss-reactive ketones (excluding diaryl/α,β-unsaturated/α-hetero) is 1. The normalized spacial score (nSPS) is 15.0. The van der Waals surface area contributed by atoms with Crippen molar-refractivity contribution in [2.24, 2.45) is 7.05 Å². The molecule has 0 aliphatic carbocycles. The molecule has 4 aromatic rings. The molecule has 1 aromatic heterocycles. The SMILES string of the molecule is CC(=O)c1ccc(CN(C(=O)N2CCS(=O)(=O)CC2)c2ccc(-c3ccc4cnn(C)c4c3)cc2)cc1. The molecule has 1 fully saturated rings. The maximum atomic E-state index is 13.6. The van der Waals surface area contributed by atoms with Crippen LogP contribution < -0.4 is 4.90 Å². The summed E-state index contributed by atoms with van der Waals surface area (Å²) >= 11 is 0. The van der Waals surface area contributed by atoms with Crippen LogP contribution in [0.2, 0.25) is 0 Å². The van der Waals surface area contributed by atoms with Crippen molar-refractivity contribution >= 4 is 38.2 Å². The maximum Gasteiger partial charge on any atom is 0.324 e. The number of hydrogen-bond donors (Lipinski definition) is 0. The number of carbonyl (C=O) groups is 2. The topological polar surface area (TPSA) is 92.6 Å². The molecule has 2 amide bonds. The van der Waals surface area contributed by atoms with E-state index in [1.54, 1.807) is 21.9 Å². The van der Waals surface area contributed by atoms with Gasteiger partial charge in [-0.2, -0.15) is 5.10 Å². The van der Waals surface area contributed by atoms with Crippen LogP contribution in [0.5, 0.6) is 0 Å². The molecule has 0 atom stereocenters. The van der Waals surface area contributed by atoms with E-state index in [9.17, 15) is 18.0 Å². The summed E-state index contributed by atoms with van der Waals surface area (Å²) in [6, 6.07) is 20.9. The van der Waals surface area contributed by atoms with E-state index in [-0.39, 0.29) is 36.4 Å². The molecule has 0 bridgehead atoms. The molecule has 8 nitrogen and oxygen atoms in total. The quantitative estimate of drug-likeness (QED) is 0.369. The molecule has 0 unspecified atom stereocenters. The number of benzene rings is 3. The molecule has 1 aliphatic heterocycles. The molecule has 5 rings (SSSR count). The van der Waals surface area contributed by atoms with Gasteiger partial charge in [0.15, 0.2) is 15.6 Å². The van der Waals surface area contributed by atoms with Crippen LogP contribution in [0.4, 0.5) is 10.5 Å². The summed E-state index contributed by atoms with van der Waals surface area (Å²) < 4.78 is 25.7. The lowest BCUT2D eigenvalue weighted by atomic mass is 10.0. The fraction of sp³-hybridized carbons (Fsp3) is 0.250. The van der Waals surface area contributed by atoms with Gasteiger partial charge in [0.1, 0.15) is 0 Å². The Labute approximate surface area is 216 Å². The molecule has 2 heterocycles. The smallest absolute Gasteiger partial charge is 0.322 e. The van der Waals surface area contributed by atoms with Crippen molar-refractivity contribution < 1.29 is 18.0 Å². The minimum atomic E-state index is -3.11. The standard InChI is InChI=1S/C28H28N4O4S/c1-20(33)22-5-3-21(4-6-22)19-32(28(34)31-13-15-37(35,36)16-14-31)26-11-9-23(10-12-26)24-7-8-25-18-29-30(2)27(25)17-24/h3-12,17-18H,13-16,19H2,1-2H3. The van der Waals surface area contributed by atoms with E-state index < -0.39 is 9.84 Å². The van der Waals surface area contributed by atoms with E-state index in [0.717, 1.165) is 27.6 Å². The molecule has 0 N–H and O–H groups in total. The molecule has 0 saturated carbocycles. The Morgan fingerprint density at radius 2 is 1.57 bits per heavy atom. The Morgan fingerprint density at radius 1 is 0.919 bits per heavy atom. The first kappa shape index (κ1) is 24.7. The molecule has 1 saturated heterocycles. The summed E-state index contributed by atoms with van der Waals surface area (Å²) in [5.74, 6) is -0.0844. The van der Waals surface area contributed by atoms with Crippen molar-refractivity contribution in [2.75, 3.05) is 29.5 Å². The summed E-state index contributed by atoms with van der Waals surface area (Å²) in [4.78, 5) is 28.5. The number of hydrogen-bond acceptors (Lipinski definition) is 5. The molecule has 0 radical (unpaired) electrons. The number of ketones is 1. The third-order valence-corrected chi connectivity index (χ3v) is 8.42. The van der Waals surface area contributed by atoms with E-state index >= 15 is 0 Å². The van der Waals surface area contributed by atoms with Crippen LogP contribution in [-0.4, -0.2) is 59.5 Å². The zero-order valence-electron chi connectivity index (χ0n) is 20.8. The van der Waals surface area contributed by atoms with Crippen molar-refractivity contribution in [1.82, 2.24) is 14.7 Å². The fourth-order valence-corrected chi connectivity index (χ4v) is 5.73. The van der Waals surface area contributed by atoms with E-state index in [1.165, 1.54) is 6.92 Å². The van der Waals surface area contributed by atoms with E-state index in [1.807, 2.05) is 66.5 Å². The zero-order valence-corrected chi connectivity index (χ0v) is 21.6.